The first kappa shape index (κ1) is 19.4. The van der Waals surface area contributed by atoms with Crippen LogP contribution in [0.4, 0.5) is 4.79 Å². The fraction of sp³-hybridized carbons (Fsp3) is 0.435. The fourth-order valence-electron chi connectivity index (χ4n) is 3.52. The molecule has 0 saturated carbocycles. The van der Waals surface area contributed by atoms with Gasteiger partial charge >= 0.3 is 6.03 Å². The number of benzene rings is 2. The molecule has 2 aromatic carbocycles. The smallest absolute Gasteiger partial charge is 0.315 e. The van der Waals surface area contributed by atoms with Gasteiger partial charge < -0.3 is 10.6 Å². The van der Waals surface area contributed by atoms with Crippen LogP contribution >= 0.6 is 0 Å². The lowest BCUT2D eigenvalue weighted by Gasteiger charge is -2.26. The van der Waals surface area contributed by atoms with Crippen LogP contribution in [-0.2, 0) is 19.5 Å². The maximum Gasteiger partial charge on any atom is 0.315 e. The molecule has 27 heavy (non-hydrogen) atoms. The average Bonchev–Trinajstić information content (AvgIpc) is 2.72. The molecule has 3 rings (SSSR count). The largest absolute Gasteiger partial charge is 0.338 e. The summed E-state index contributed by atoms with van der Waals surface area (Å²) in [4.78, 5) is 14.5. The van der Waals surface area contributed by atoms with E-state index in [0.717, 1.165) is 24.9 Å². The molecule has 4 heteroatoms. The molecule has 0 bridgehead atoms. The van der Waals surface area contributed by atoms with Crippen molar-refractivity contribution in [1.29, 1.82) is 0 Å². The topological polar surface area (TPSA) is 44.4 Å². The fourth-order valence-corrected chi connectivity index (χ4v) is 3.52. The lowest BCUT2D eigenvalue weighted by Crippen LogP contribution is -2.35. The molecule has 0 spiro atoms. The van der Waals surface area contributed by atoms with Crippen LogP contribution < -0.4 is 10.6 Å². The Labute approximate surface area is 163 Å². The molecule has 0 aromatic heterocycles. The molecule has 2 amide bonds. The summed E-state index contributed by atoms with van der Waals surface area (Å²) in [6, 6.07) is 18.9. The molecule has 144 valence electrons. The Bertz CT molecular complexity index is 679. The number of hydrogen-bond acceptors (Lipinski definition) is 2. The maximum absolute atomic E-state index is 11.9. The van der Waals surface area contributed by atoms with E-state index in [1.54, 1.807) is 0 Å². The van der Waals surface area contributed by atoms with Gasteiger partial charge in [0.15, 0.2) is 0 Å². The van der Waals surface area contributed by atoms with E-state index >= 15 is 0 Å². The van der Waals surface area contributed by atoms with Crippen molar-refractivity contribution in [3.63, 3.8) is 0 Å². The maximum atomic E-state index is 11.9. The van der Waals surface area contributed by atoms with Gasteiger partial charge in [-0.3, -0.25) is 4.90 Å². The van der Waals surface area contributed by atoms with Gasteiger partial charge in [-0.1, -0.05) is 61.0 Å². The number of aryl methyl sites for hydroxylation is 1. The van der Waals surface area contributed by atoms with Crippen LogP contribution in [-0.4, -0.2) is 30.6 Å². The predicted octanol–water partition coefficient (Wildman–Crippen LogP) is 4.10. The minimum Gasteiger partial charge on any atom is -0.338 e. The molecule has 1 saturated heterocycles. The molecule has 2 N–H and O–H groups in total. The summed E-state index contributed by atoms with van der Waals surface area (Å²) >= 11 is 0. The highest BCUT2D eigenvalue weighted by atomic mass is 16.2. The first-order valence-electron chi connectivity index (χ1n) is 10.2. The summed E-state index contributed by atoms with van der Waals surface area (Å²) in [6.45, 7) is 4.72. The van der Waals surface area contributed by atoms with E-state index in [2.05, 4.69) is 51.9 Å². The number of likely N-dealkylation sites (tertiary alicyclic amines) is 1. The van der Waals surface area contributed by atoms with E-state index < -0.39 is 0 Å². The molecular formula is C23H31N3O. The Kier molecular flexibility index (Phi) is 7.72. The van der Waals surface area contributed by atoms with Crippen LogP contribution in [0, 0.1) is 0 Å². The summed E-state index contributed by atoms with van der Waals surface area (Å²) in [5.74, 6) is 0. The molecule has 0 radical (unpaired) electrons. The number of carbonyl (C=O) groups is 1. The van der Waals surface area contributed by atoms with Gasteiger partial charge in [-0.05, 0) is 55.5 Å². The molecule has 1 heterocycles. The standard InChI is InChI=1S/C23H31N3O/c27-23(24-15-7-10-20-8-3-1-4-9-20)25-18-21-11-13-22(14-12-21)19-26-16-5-2-6-17-26/h1,3-4,8-9,11-14H,2,5-7,10,15-19H2,(H2,24,25,27). The second-order valence-electron chi connectivity index (χ2n) is 7.35. The van der Waals surface area contributed by atoms with E-state index in [0.29, 0.717) is 13.1 Å². The Morgan fingerprint density at radius 1 is 0.815 bits per heavy atom. The van der Waals surface area contributed by atoms with Crippen molar-refractivity contribution in [3.05, 3.63) is 71.3 Å². The first-order chi connectivity index (χ1) is 13.3. The van der Waals surface area contributed by atoms with Gasteiger partial charge in [0.1, 0.15) is 0 Å². The Morgan fingerprint density at radius 2 is 1.52 bits per heavy atom. The summed E-state index contributed by atoms with van der Waals surface area (Å²) in [7, 11) is 0. The Hall–Kier alpha value is -2.33. The van der Waals surface area contributed by atoms with Gasteiger partial charge in [-0.15, -0.1) is 0 Å². The van der Waals surface area contributed by atoms with Crippen LogP contribution in [0.15, 0.2) is 54.6 Å². The number of nitrogens with one attached hydrogen (secondary N) is 2. The average molecular weight is 366 g/mol. The van der Waals surface area contributed by atoms with Crippen molar-refractivity contribution < 1.29 is 4.79 Å². The number of rotatable bonds is 8. The van der Waals surface area contributed by atoms with Crippen LogP contribution in [0.25, 0.3) is 0 Å². The van der Waals surface area contributed by atoms with Crippen molar-refractivity contribution >= 4 is 6.03 Å². The van der Waals surface area contributed by atoms with Gasteiger partial charge in [-0.2, -0.15) is 0 Å². The predicted molar refractivity (Wildman–Crippen MR) is 111 cm³/mol. The molecule has 1 aliphatic heterocycles. The molecule has 0 atom stereocenters. The number of piperidine rings is 1. The molecule has 0 aliphatic carbocycles. The van der Waals surface area contributed by atoms with Gasteiger partial charge in [0.25, 0.3) is 0 Å². The van der Waals surface area contributed by atoms with Crippen molar-refractivity contribution in [1.82, 2.24) is 15.5 Å². The van der Waals surface area contributed by atoms with Crippen molar-refractivity contribution in [3.8, 4) is 0 Å². The second kappa shape index (κ2) is 10.7. The van der Waals surface area contributed by atoms with Crippen molar-refractivity contribution in [2.75, 3.05) is 19.6 Å². The highest BCUT2D eigenvalue weighted by Crippen LogP contribution is 2.13. The van der Waals surface area contributed by atoms with E-state index in [-0.39, 0.29) is 6.03 Å². The number of hydrogen-bond donors (Lipinski definition) is 2. The van der Waals surface area contributed by atoms with Gasteiger partial charge in [0.05, 0.1) is 0 Å². The van der Waals surface area contributed by atoms with Crippen molar-refractivity contribution in [2.24, 2.45) is 0 Å². The number of amides is 2. The van der Waals surface area contributed by atoms with E-state index in [9.17, 15) is 4.79 Å². The quantitative estimate of drug-likeness (QED) is 0.692. The van der Waals surface area contributed by atoms with Crippen LogP contribution in [0.3, 0.4) is 0 Å². The number of nitrogens with zero attached hydrogens (tertiary/aromatic N) is 1. The Morgan fingerprint density at radius 3 is 2.26 bits per heavy atom. The number of carbonyl (C=O) groups excluding carboxylic acids is 1. The minimum absolute atomic E-state index is 0.0968. The third-order valence-corrected chi connectivity index (χ3v) is 5.10. The van der Waals surface area contributed by atoms with Gasteiger partial charge in [0.2, 0.25) is 0 Å². The van der Waals surface area contributed by atoms with E-state index in [1.807, 2.05) is 18.2 Å². The summed E-state index contributed by atoms with van der Waals surface area (Å²) in [5.41, 5.74) is 3.80. The molecule has 2 aromatic rings. The van der Waals surface area contributed by atoms with Crippen LogP contribution in [0.1, 0.15) is 42.4 Å². The third kappa shape index (κ3) is 7.06. The Balaban J connectivity index is 1.31. The third-order valence-electron chi connectivity index (χ3n) is 5.10. The number of urea groups is 1. The zero-order chi connectivity index (χ0) is 18.7. The molecule has 4 nitrogen and oxygen atoms in total. The van der Waals surface area contributed by atoms with E-state index in [4.69, 9.17) is 0 Å². The van der Waals surface area contributed by atoms with Crippen LogP contribution in [0.5, 0.6) is 0 Å². The lowest BCUT2D eigenvalue weighted by atomic mass is 10.1. The zero-order valence-electron chi connectivity index (χ0n) is 16.1. The van der Waals surface area contributed by atoms with Gasteiger partial charge in [-0.25, -0.2) is 4.79 Å². The molecule has 0 unspecified atom stereocenters. The lowest BCUT2D eigenvalue weighted by molar-refractivity contribution is 0.221. The zero-order valence-corrected chi connectivity index (χ0v) is 16.1. The molecular weight excluding hydrogens is 334 g/mol. The first-order valence-corrected chi connectivity index (χ1v) is 10.2. The second-order valence-corrected chi connectivity index (χ2v) is 7.35. The summed E-state index contributed by atoms with van der Waals surface area (Å²) in [6.07, 6.45) is 5.95. The monoisotopic (exact) mass is 365 g/mol. The summed E-state index contributed by atoms with van der Waals surface area (Å²) in [5, 5.41) is 5.87. The summed E-state index contributed by atoms with van der Waals surface area (Å²) < 4.78 is 0. The van der Waals surface area contributed by atoms with E-state index in [1.165, 1.54) is 43.5 Å². The normalized spacial score (nSPS) is 14.7. The van der Waals surface area contributed by atoms with Gasteiger partial charge in [0, 0.05) is 19.6 Å². The highest BCUT2D eigenvalue weighted by molar-refractivity contribution is 5.73. The minimum atomic E-state index is -0.0968. The van der Waals surface area contributed by atoms with Crippen molar-refractivity contribution in [2.45, 2.75) is 45.2 Å². The SMILES string of the molecule is O=C(NCCCc1ccccc1)NCc1ccc(CN2CCCCC2)cc1. The molecule has 1 aliphatic rings. The van der Waals surface area contributed by atoms with Crippen LogP contribution in [0.2, 0.25) is 0 Å². The molecule has 1 fully saturated rings. The highest BCUT2D eigenvalue weighted by Gasteiger charge is 2.10.